The molecule has 2 aromatic carbocycles. The Balaban J connectivity index is 1.78. The number of carbonyl (C=O) groups excluding carboxylic acids is 3. The molecule has 33 heavy (non-hydrogen) atoms. The number of rotatable bonds is 5. The lowest BCUT2D eigenvalue weighted by atomic mass is 9.81. The van der Waals surface area contributed by atoms with Crippen molar-refractivity contribution >= 4 is 55.3 Å². The Morgan fingerprint density at radius 2 is 1.58 bits per heavy atom. The number of alkyl halides is 2. The van der Waals surface area contributed by atoms with Crippen LogP contribution < -0.4 is 0 Å². The summed E-state index contributed by atoms with van der Waals surface area (Å²) in [4.78, 5) is 50.9. The Morgan fingerprint density at radius 3 is 2.15 bits per heavy atom. The van der Waals surface area contributed by atoms with E-state index in [4.69, 9.17) is 0 Å². The number of amides is 3. The maximum absolute atomic E-state index is 14.5. The molecule has 3 amide bonds. The second kappa shape index (κ2) is 9.30. The highest BCUT2D eigenvalue weighted by Gasteiger charge is 2.54. The molecule has 0 aromatic heterocycles. The van der Waals surface area contributed by atoms with E-state index < -0.39 is 52.5 Å². The molecule has 4 atom stereocenters. The van der Waals surface area contributed by atoms with Gasteiger partial charge in [-0.2, -0.15) is 5.01 Å². The van der Waals surface area contributed by atoms with Crippen molar-refractivity contribution in [3.8, 4) is 0 Å². The summed E-state index contributed by atoms with van der Waals surface area (Å²) < 4.78 is 14.5. The average Bonchev–Trinajstić information content (AvgIpc) is 3.02. The van der Waals surface area contributed by atoms with Crippen molar-refractivity contribution in [2.45, 2.75) is 29.0 Å². The lowest BCUT2D eigenvalue weighted by molar-refractivity contribution is -0.385. The molecule has 1 aliphatic carbocycles. The van der Waals surface area contributed by atoms with Crippen molar-refractivity contribution in [2.24, 2.45) is 11.8 Å². The lowest BCUT2D eigenvalue weighted by Crippen LogP contribution is -2.50. The minimum atomic E-state index is -0.934. The van der Waals surface area contributed by atoms with E-state index in [1.807, 2.05) is 0 Å². The number of para-hydroxylation sites is 1. The van der Waals surface area contributed by atoms with Crippen LogP contribution in [-0.2, 0) is 16.1 Å². The van der Waals surface area contributed by atoms with Crippen LogP contribution in [0.5, 0.6) is 0 Å². The van der Waals surface area contributed by atoms with Crippen molar-refractivity contribution in [3.05, 3.63) is 75.6 Å². The zero-order valence-electron chi connectivity index (χ0n) is 17.1. The van der Waals surface area contributed by atoms with E-state index in [-0.39, 0.29) is 20.8 Å². The Morgan fingerprint density at radius 1 is 1.03 bits per heavy atom. The first-order chi connectivity index (χ1) is 15.7. The number of carbonyl (C=O) groups is 3. The second-order valence-electron chi connectivity index (χ2n) is 7.93. The topological polar surface area (TPSA) is 101 Å². The third-order valence-electron chi connectivity index (χ3n) is 5.97. The molecule has 1 heterocycles. The normalized spacial score (nSPS) is 24.5. The number of nitrogens with zero attached hydrogens (tertiary/aromatic N) is 3. The molecule has 0 radical (unpaired) electrons. The van der Waals surface area contributed by atoms with Gasteiger partial charge in [0.2, 0.25) is 0 Å². The number of halogens is 3. The highest BCUT2D eigenvalue weighted by Crippen LogP contribution is 2.44. The summed E-state index contributed by atoms with van der Waals surface area (Å²) in [6, 6.07) is 10.9. The number of benzene rings is 2. The van der Waals surface area contributed by atoms with Crippen LogP contribution in [0.2, 0.25) is 0 Å². The summed E-state index contributed by atoms with van der Waals surface area (Å²) in [5.74, 6) is -3.99. The van der Waals surface area contributed by atoms with E-state index in [1.54, 1.807) is 6.07 Å². The van der Waals surface area contributed by atoms with Gasteiger partial charge in [0.05, 0.1) is 23.3 Å². The van der Waals surface area contributed by atoms with Gasteiger partial charge in [0.1, 0.15) is 11.4 Å². The van der Waals surface area contributed by atoms with E-state index in [0.717, 1.165) is 16.1 Å². The first-order valence-corrected chi connectivity index (χ1v) is 12.0. The molecule has 0 bridgehead atoms. The molecular formula is C22H18Br2FN3O5. The molecule has 0 N–H and O–H groups in total. The number of nitro groups is 1. The lowest BCUT2D eigenvalue weighted by Gasteiger charge is -2.30. The third kappa shape index (κ3) is 4.31. The smallest absolute Gasteiger partial charge is 0.272 e. The summed E-state index contributed by atoms with van der Waals surface area (Å²) in [5, 5.41) is 13.1. The highest BCUT2D eigenvalue weighted by molar-refractivity contribution is 9.12. The van der Waals surface area contributed by atoms with E-state index in [0.29, 0.717) is 12.8 Å². The summed E-state index contributed by atoms with van der Waals surface area (Å²) in [6.45, 7) is -0.441. The largest absolute Gasteiger partial charge is 0.282 e. The number of fused-ring (bicyclic) bond motifs is 1. The Hall–Kier alpha value is -2.66. The highest BCUT2D eigenvalue weighted by atomic mass is 79.9. The van der Waals surface area contributed by atoms with Crippen molar-refractivity contribution < 1.29 is 23.7 Å². The van der Waals surface area contributed by atoms with Crippen LogP contribution >= 0.6 is 31.9 Å². The van der Waals surface area contributed by atoms with Crippen molar-refractivity contribution in [3.63, 3.8) is 0 Å². The molecule has 172 valence electrons. The van der Waals surface area contributed by atoms with Crippen molar-refractivity contribution in [1.29, 1.82) is 0 Å². The van der Waals surface area contributed by atoms with Gasteiger partial charge in [0, 0.05) is 21.3 Å². The minimum Gasteiger partial charge on any atom is -0.272 e. The summed E-state index contributed by atoms with van der Waals surface area (Å²) in [6.07, 6.45) is 0.768. The van der Waals surface area contributed by atoms with E-state index in [2.05, 4.69) is 31.9 Å². The standard InChI is InChI=1S/C22H18Br2FN3O5/c23-16-9-14-15(10-17(16)24)22(31)27(21(14)30)26(11-12-5-1-3-7-18(12)25)20(29)13-6-2-4-8-19(13)28(32)33/h1-8,14-17H,9-11H2/t14-,15-,16+,17+/m1/s1. The number of hydrazine groups is 1. The van der Waals surface area contributed by atoms with E-state index >= 15 is 0 Å². The van der Waals surface area contributed by atoms with Crippen LogP contribution in [0.15, 0.2) is 48.5 Å². The molecule has 0 spiro atoms. The van der Waals surface area contributed by atoms with Gasteiger partial charge in [0.25, 0.3) is 23.4 Å². The van der Waals surface area contributed by atoms with Gasteiger partial charge in [-0.05, 0) is 25.0 Å². The van der Waals surface area contributed by atoms with Crippen LogP contribution in [0.25, 0.3) is 0 Å². The Bertz CT molecular complexity index is 1120. The van der Waals surface area contributed by atoms with Crippen LogP contribution in [0.3, 0.4) is 0 Å². The predicted molar refractivity (Wildman–Crippen MR) is 123 cm³/mol. The molecule has 1 saturated heterocycles. The molecule has 2 aliphatic rings. The van der Waals surface area contributed by atoms with Gasteiger partial charge in [-0.1, -0.05) is 62.2 Å². The molecule has 11 heteroatoms. The first-order valence-electron chi connectivity index (χ1n) is 10.1. The maximum atomic E-state index is 14.5. The summed E-state index contributed by atoms with van der Waals surface area (Å²) in [5.41, 5.74) is -0.707. The maximum Gasteiger partial charge on any atom is 0.282 e. The van der Waals surface area contributed by atoms with Gasteiger partial charge in [0.15, 0.2) is 0 Å². The van der Waals surface area contributed by atoms with Crippen LogP contribution in [0.1, 0.15) is 28.8 Å². The van der Waals surface area contributed by atoms with Crippen molar-refractivity contribution in [1.82, 2.24) is 10.0 Å². The quantitative estimate of drug-likeness (QED) is 0.227. The molecular weight excluding hydrogens is 565 g/mol. The van der Waals surface area contributed by atoms with Gasteiger partial charge < -0.3 is 0 Å². The second-order valence-corrected chi connectivity index (χ2v) is 10.3. The average molecular weight is 583 g/mol. The SMILES string of the molecule is O=C(c1ccccc1[N+](=O)[O-])N(Cc1ccccc1F)N1C(=O)[C@@H]2C[C@H](Br)[C@@H](Br)C[C@H]2C1=O. The summed E-state index contributed by atoms with van der Waals surface area (Å²) in [7, 11) is 0. The Kier molecular flexibility index (Phi) is 6.62. The molecule has 2 fully saturated rings. The van der Waals surface area contributed by atoms with Gasteiger partial charge >= 0.3 is 0 Å². The van der Waals surface area contributed by atoms with Crippen LogP contribution in [0.4, 0.5) is 10.1 Å². The summed E-state index contributed by atoms with van der Waals surface area (Å²) >= 11 is 7.03. The number of hydrogen-bond acceptors (Lipinski definition) is 5. The molecule has 4 rings (SSSR count). The third-order valence-corrected chi connectivity index (χ3v) is 8.71. The fourth-order valence-electron chi connectivity index (χ4n) is 4.29. The molecule has 8 nitrogen and oxygen atoms in total. The fraction of sp³-hybridized carbons (Fsp3) is 0.318. The predicted octanol–water partition coefficient (Wildman–Crippen LogP) is 4.21. The number of imide groups is 1. The van der Waals surface area contributed by atoms with Crippen LogP contribution in [0, 0.1) is 27.8 Å². The molecule has 1 saturated carbocycles. The Labute approximate surface area is 205 Å². The van der Waals surface area contributed by atoms with Gasteiger partial charge in [-0.25, -0.2) is 9.40 Å². The van der Waals surface area contributed by atoms with Crippen molar-refractivity contribution in [2.75, 3.05) is 0 Å². The van der Waals surface area contributed by atoms with Gasteiger partial charge in [-0.3, -0.25) is 24.5 Å². The molecule has 1 aliphatic heterocycles. The first kappa shape index (κ1) is 23.5. The minimum absolute atomic E-state index is 0.0404. The zero-order chi connectivity index (χ0) is 23.9. The van der Waals surface area contributed by atoms with E-state index in [9.17, 15) is 28.9 Å². The van der Waals surface area contributed by atoms with Gasteiger partial charge in [-0.15, -0.1) is 0 Å². The molecule has 0 unspecified atom stereocenters. The fourth-order valence-corrected chi connectivity index (χ4v) is 5.53. The number of nitro benzene ring substituents is 1. The molecule has 2 aromatic rings. The number of hydrogen-bond donors (Lipinski definition) is 0. The van der Waals surface area contributed by atoms with E-state index in [1.165, 1.54) is 36.4 Å². The zero-order valence-corrected chi connectivity index (χ0v) is 20.2. The monoisotopic (exact) mass is 581 g/mol. The van der Waals surface area contributed by atoms with Crippen LogP contribution in [-0.4, -0.2) is 42.3 Å².